The van der Waals surface area contributed by atoms with Crippen LogP contribution in [0.3, 0.4) is 0 Å². The van der Waals surface area contributed by atoms with Crippen LogP contribution in [0.1, 0.15) is 21.5 Å². The number of hydrogen-bond acceptors (Lipinski definition) is 7. The van der Waals surface area contributed by atoms with Gasteiger partial charge in [-0.25, -0.2) is 0 Å². The summed E-state index contributed by atoms with van der Waals surface area (Å²) in [5.74, 6) is 1.61. The summed E-state index contributed by atoms with van der Waals surface area (Å²) in [6.07, 6.45) is 0.915. The Morgan fingerprint density at radius 1 is 1.00 bits per heavy atom. The number of nitrogens with one attached hydrogen (secondary N) is 1. The normalized spacial score (nSPS) is 12.2. The summed E-state index contributed by atoms with van der Waals surface area (Å²) >= 11 is 1.65. The van der Waals surface area contributed by atoms with Crippen LogP contribution in [0.25, 0.3) is 10.4 Å². The molecule has 1 amide bonds. The number of nitrogens with two attached hydrogens (primary N) is 1. The Kier molecular flexibility index (Phi) is 6.92. The number of hydrogen-bond donors (Lipinski definition) is 2. The first-order valence-corrected chi connectivity index (χ1v) is 12.8. The molecule has 4 aromatic rings. The summed E-state index contributed by atoms with van der Waals surface area (Å²) < 4.78 is 16.5. The van der Waals surface area contributed by atoms with E-state index in [9.17, 15) is 4.79 Å². The summed E-state index contributed by atoms with van der Waals surface area (Å²) in [6.45, 7) is 1.50. The van der Waals surface area contributed by atoms with Crippen molar-refractivity contribution < 1.29 is 19.0 Å². The van der Waals surface area contributed by atoms with Crippen molar-refractivity contribution in [2.75, 3.05) is 43.8 Å². The van der Waals surface area contributed by atoms with E-state index < -0.39 is 0 Å². The molecule has 1 aromatic heterocycles. The monoisotopic (exact) mass is 515 g/mol. The molecule has 8 heteroatoms. The molecule has 0 saturated heterocycles. The number of methoxy groups -OCH3 is 3. The summed E-state index contributed by atoms with van der Waals surface area (Å²) in [4.78, 5) is 16.5. The third-order valence-corrected chi connectivity index (χ3v) is 7.46. The first-order valence-electron chi connectivity index (χ1n) is 11.9. The van der Waals surface area contributed by atoms with Gasteiger partial charge in [-0.15, -0.1) is 11.3 Å². The van der Waals surface area contributed by atoms with Crippen molar-refractivity contribution in [2.45, 2.75) is 13.0 Å². The van der Waals surface area contributed by atoms with Crippen molar-refractivity contribution in [3.63, 3.8) is 0 Å². The van der Waals surface area contributed by atoms with Crippen molar-refractivity contribution in [2.24, 2.45) is 0 Å². The number of anilines is 3. The minimum absolute atomic E-state index is 0.196. The highest BCUT2D eigenvalue weighted by Gasteiger charge is 2.23. The number of nitrogen functional groups attached to an aromatic ring is 1. The van der Waals surface area contributed by atoms with Crippen molar-refractivity contribution in [1.82, 2.24) is 0 Å². The van der Waals surface area contributed by atoms with Crippen molar-refractivity contribution in [3.05, 3.63) is 82.7 Å². The van der Waals surface area contributed by atoms with E-state index in [0.29, 0.717) is 40.7 Å². The van der Waals surface area contributed by atoms with Gasteiger partial charge in [-0.2, -0.15) is 0 Å². The standard InChI is InChI=1S/C29H29N3O4S/c1-34-25-13-18(14-26(35-2)28(25)36-3)17-32-11-10-19-6-7-21(16-24(19)32)29(33)31-23-9-8-20(15-22(23)30)27-5-4-12-37-27/h4-9,12-16H,10-11,17,30H2,1-3H3,(H,31,33). The van der Waals surface area contributed by atoms with Crippen LogP contribution in [0.15, 0.2) is 66.0 Å². The topological polar surface area (TPSA) is 86.1 Å². The Balaban J connectivity index is 1.35. The van der Waals surface area contributed by atoms with E-state index in [1.165, 1.54) is 5.56 Å². The van der Waals surface area contributed by atoms with Crippen LogP contribution in [-0.4, -0.2) is 33.8 Å². The zero-order chi connectivity index (χ0) is 25.9. The van der Waals surface area contributed by atoms with Gasteiger partial charge in [0, 0.05) is 29.2 Å². The second kappa shape index (κ2) is 10.4. The lowest BCUT2D eigenvalue weighted by atomic mass is 10.1. The fraction of sp³-hybridized carbons (Fsp3) is 0.207. The minimum atomic E-state index is -0.196. The van der Waals surface area contributed by atoms with Crippen molar-refractivity contribution in [3.8, 4) is 27.7 Å². The lowest BCUT2D eigenvalue weighted by molar-refractivity contribution is 0.102. The molecule has 0 fully saturated rings. The molecule has 3 N–H and O–H groups in total. The molecule has 0 spiro atoms. The molecule has 0 saturated carbocycles. The first-order chi connectivity index (χ1) is 18.0. The maximum atomic E-state index is 13.2. The molecular weight excluding hydrogens is 486 g/mol. The van der Waals surface area contributed by atoms with Crippen LogP contribution < -0.4 is 30.2 Å². The molecule has 5 rings (SSSR count). The van der Waals surface area contributed by atoms with Gasteiger partial charge < -0.3 is 30.2 Å². The van der Waals surface area contributed by atoms with Crippen LogP contribution in [-0.2, 0) is 13.0 Å². The maximum Gasteiger partial charge on any atom is 0.255 e. The van der Waals surface area contributed by atoms with Gasteiger partial charge >= 0.3 is 0 Å². The molecule has 0 atom stereocenters. The Morgan fingerprint density at radius 3 is 2.43 bits per heavy atom. The number of nitrogens with zero attached hydrogens (tertiary/aromatic N) is 1. The van der Waals surface area contributed by atoms with Gasteiger partial charge in [-0.05, 0) is 71.0 Å². The van der Waals surface area contributed by atoms with Crippen LogP contribution in [0.4, 0.5) is 17.1 Å². The zero-order valence-corrected chi connectivity index (χ0v) is 21.9. The Labute approximate surface area is 220 Å². The fourth-order valence-corrected chi connectivity index (χ4v) is 5.39. The molecule has 0 aliphatic carbocycles. The molecule has 7 nitrogen and oxygen atoms in total. The molecule has 3 aromatic carbocycles. The van der Waals surface area contributed by atoms with E-state index in [0.717, 1.165) is 34.7 Å². The predicted octanol–water partition coefficient (Wildman–Crippen LogP) is 5.84. The number of carbonyl (C=O) groups excluding carboxylic acids is 1. The van der Waals surface area contributed by atoms with E-state index in [1.54, 1.807) is 32.7 Å². The van der Waals surface area contributed by atoms with Gasteiger partial charge in [0.2, 0.25) is 5.75 Å². The average molecular weight is 516 g/mol. The number of amides is 1. The summed E-state index contributed by atoms with van der Waals surface area (Å²) in [7, 11) is 4.81. The molecule has 2 heterocycles. The molecule has 0 radical (unpaired) electrons. The van der Waals surface area contributed by atoms with Gasteiger partial charge in [0.15, 0.2) is 11.5 Å². The number of fused-ring (bicyclic) bond motifs is 1. The highest BCUT2D eigenvalue weighted by atomic mass is 32.1. The third-order valence-electron chi connectivity index (χ3n) is 6.54. The molecule has 1 aliphatic rings. The fourth-order valence-electron chi connectivity index (χ4n) is 4.67. The smallest absolute Gasteiger partial charge is 0.255 e. The molecule has 190 valence electrons. The van der Waals surface area contributed by atoms with E-state index >= 15 is 0 Å². The van der Waals surface area contributed by atoms with E-state index in [1.807, 2.05) is 66.0 Å². The first kappa shape index (κ1) is 24.5. The molecule has 1 aliphatic heterocycles. The Bertz CT molecular complexity index is 1410. The number of ether oxygens (including phenoxy) is 3. The minimum Gasteiger partial charge on any atom is -0.493 e. The second-order valence-corrected chi connectivity index (χ2v) is 9.73. The average Bonchev–Trinajstić information content (AvgIpc) is 3.59. The maximum absolute atomic E-state index is 13.2. The number of carbonyl (C=O) groups is 1. The van der Waals surface area contributed by atoms with E-state index in [-0.39, 0.29) is 5.91 Å². The highest BCUT2D eigenvalue weighted by Crippen LogP contribution is 2.39. The van der Waals surface area contributed by atoms with Crippen LogP contribution in [0.5, 0.6) is 17.2 Å². The SMILES string of the molecule is COc1cc(CN2CCc3ccc(C(=O)Nc4ccc(-c5cccs5)cc4N)cc32)cc(OC)c1OC. The number of benzene rings is 3. The molecule has 0 unspecified atom stereocenters. The Hall–Kier alpha value is -4.17. The van der Waals surface area contributed by atoms with Gasteiger partial charge in [0.05, 0.1) is 32.7 Å². The lowest BCUT2D eigenvalue weighted by Gasteiger charge is -2.22. The summed E-state index contributed by atoms with van der Waals surface area (Å²) in [5.41, 5.74) is 12.3. The highest BCUT2D eigenvalue weighted by molar-refractivity contribution is 7.13. The molecule has 37 heavy (non-hydrogen) atoms. The lowest BCUT2D eigenvalue weighted by Crippen LogP contribution is -2.20. The Morgan fingerprint density at radius 2 is 1.78 bits per heavy atom. The van der Waals surface area contributed by atoms with Crippen LogP contribution >= 0.6 is 11.3 Å². The second-order valence-electron chi connectivity index (χ2n) is 8.78. The predicted molar refractivity (Wildman–Crippen MR) is 149 cm³/mol. The zero-order valence-electron chi connectivity index (χ0n) is 21.0. The quantitative estimate of drug-likeness (QED) is 0.287. The van der Waals surface area contributed by atoms with Crippen molar-refractivity contribution in [1.29, 1.82) is 0 Å². The van der Waals surface area contributed by atoms with Gasteiger partial charge in [0.25, 0.3) is 5.91 Å². The summed E-state index contributed by atoms with van der Waals surface area (Å²) in [6, 6.07) is 19.5. The molecular formula is C29H29N3O4S. The van der Waals surface area contributed by atoms with Crippen LogP contribution in [0, 0.1) is 0 Å². The van der Waals surface area contributed by atoms with Gasteiger partial charge in [0.1, 0.15) is 0 Å². The largest absolute Gasteiger partial charge is 0.493 e. The number of rotatable bonds is 8. The van der Waals surface area contributed by atoms with Gasteiger partial charge in [-0.3, -0.25) is 4.79 Å². The van der Waals surface area contributed by atoms with E-state index in [2.05, 4.69) is 10.2 Å². The molecule has 0 bridgehead atoms. The van der Waals surface area contributed by atoms with Crippen LogP contribution in [0.2, 0.25) is 0 Å². The van der Waals surface area contributed by atoms with Crippen molar-refractivity contribution >= 4 is 34.3 Å². The summed E-state index contributed by atoms with van der Waals surface area (Å²) in [5, 5.41) is 5.00. The third kappa shape index (κ3) is 4.93. The van der Waals surface area contributed by atoms with E-state index in [4.69, 9.17) is 19.9 Å². The number of thiophene rings is 1. The van der Waals surface area contributed by atoms with Gasteiger partial charge in [-0.1, -0.05) is 18.2 Å².